The van der Waals surface area contributed by atoms with Crippen LogP contribution in [0.4, 0.5) is 0 Å². The summed E-state index contributed by atoms with van der Waals surface area (Å²) in [5.41, 5.74) is 5.89. The summed E-state index contributed by atoms with van der Waals surface area (Å²) in [7, 11) is 0. The first kappa shape index (κ1) is 17.0. The molecule has 1 N–H and O–H groups in total. The van der Waals surface area contributed by atoms with Gasteiger partial charge >= 0.3 is 0 Å². The third-order valence-corrected chi connectivity index (χ3v) is 5.34. The number of benzene rings is 3. The number of rotatable bonds is 3. The van der Waals surface area contributed by atoms with Gasteiger partial charge in [-0.3, -0.25) is 0 Å². The molecule has 6 nitrogen and oxygen atoms in total. The van der Waals surface area contributed by atoms with Crippen molar-refractivity contribution < 1.29 is 18.9 Å². The van der Waals surface area contributed by atoms with Gasteiger partial charge in [0.2, 0.25) is 13.6 Å². The molecule has 6 rings (SSSR count). The number of hydrogen-bond acceptors (Lipinski definition) is 5. The number of ether oxygens (including phenoxy) is 4. The van der Waals surface area contributed by atoms with Gasteiger partial charge in [-0.25, -0.2) is 4.98 Å². The fraction of sp³-hybridized carbons (Fsp3) is 0.125. The second-order valence-electron chi connectivity index (χ2n) is 7.31. The van der Waals surface area contributed by atoms with Crippen molar-refractivity contribution in [2.75, 3.05) is 13.6 Å². The molecule has 0 amide bonds. The highest BCUT2D eigenvalue weighted by Crippen LogP contribution is 2.41. The summed E-state index contributed by atoms with van der Waals surface area (Å²) in [5, 5.41) is 0. The molecule has 0 fully saturated rings. The molecule has 2 aliphatic heterocycles. The van der Waals surface area contributed by atoms with Gasteiger partial charge < -0.3 is 23.9 Å². The molecular formula is C24H18N2O4. The zero-order chi connectivity index (χ0) is 20.1. The van der Waals surface area contributed by atoms with Gasteiger partial charge in [0, 0.05) is 16.7 Å². The molecule has 30 heavy (non-hydrogen) atoms. The standard InChI is InChI=1S/C24H18N2O4/c1-14-2-4-15(5-3-14)24-25-22(16-6-8-18-20(10-16)29-12-27-18)23(26-24)17-7-9-19-21(11-17)30-13-28-19/h2-11H,12-13H2,1H3,(H,25,26). The molecule has 3 heterocycles. The highest BCUT2D eigenvalue weighted by Gasteiger charge is 2.21. The highest BCUT2D eigenvalue weighted by molar-refractivity contribution is 5.83. The second-order valence-corrected chi connectivity index (χ2v) is 7.31. The lowest BCUT2D eigenvalue weighted by molar-refractivity contribution is 0.173. The minimum atomic E-state index is 0.239. The summed E-state index contributed by atoms with van der Waals surface area (Å²) in [6.45, 7) is 2.55. The van der Waals surface area contributed by atoms with Crippen LogP contribution in [0.2, 0.25) is 0 Å². The summed E-state index contributed by atoms with van der Waals surface area (Å²) in [6, 6.07) is 20.1. The maximum Gasteiger partial charge on any atom is 0.231 e. The van der Waals surface area contributed by atoms with Crippen LogP contribution in [0, 0.1) is 6.92 Å². The maximum atomic E-state index is 5.58. The number of aromatic amines is 1. The fourth-order valence-corrected chi connectivity index (χ4v) is 3.74. The molecule has 4 aromatic rings. The smallest absolute Gasteiger partial charge is 0.231 e. The average molecular weight is 398 g/mol. The van der Waals surface area contributed by atoms with E-state index >= 15 is 0 Å². The molecule has 148 valence electrons. The number of fused-ring (bicyclic) bond motifs is 2. The fourth-order valence-electron chi connectivity index (χ4n) is 3.74. The third-order valence-electron chi connectivity index (χ3n) is 5.34. The van der Waals surface area contributed by atoms with Crippen LogP contribution in [0.15, 0.2) is 60.7 Å². The van der Waals surface area contributed by atoms with Crippen LogP contribution in [0.1, 0.15) is 5.56 Å². The van der Waals surface area contributed by atoms with Crippen LogP contribution in [-0.4, -0.2) is 23.6 Å². The number of imidazole rings is 1. The normalized spacial score (nSPS) is 13.6. The molecule has 0 saturated heterocycles. The first-order chi connectivity index (χ1) is 14.7. The minimum Gasteiger partial charge on any atom is -0.454 e. The number of nitrogens with one attached hydrogen (secondary N) is 1. The summed E-state index contributed by atoms with van der Waals surface area (Å²) in [5.74, 6) is 3.76. The number of nitrogens with zero attached hydrogens (tertiary/aromatic N) is 1. The van der Waals surface area contributed by atoms with E-state index in [-0.39, 0.29) is 13.6 Å². The zero-order valence-electron chi connectivity index (χ0n) is 16.3. The molecule has 0 bridgehead atoms. The van der Waals surface area contributed by atoms with E-state index in [0.29, 0.717) is 0 Å². The van der Waals surface area contributed by atoms with Crippen molar-refractivity contribution in [1.29, 1.82) is 0 Å². The highest BCUT2D eigenvalue weighted by atomic mass is 16.7. The molecule has 1 aromatic heterocycles. The van der Waals surface area contributed by atoms with Crippen LogP contribution in [0.5, 0.6) is 23.0 Å². The van der Waals surface area contributed by atoms with E-state index in [4.69, 9.17) is 23.9 Å². The Morgan fingerprint density at radius 3 is 1.93 bits per heavy atom. The predicted molar refractivity (Wildman–Crippen MR) is 112 cm³/mol. The number of H-pyrrole nitrogens is 1. The Labute approximate surface area is 173 Å². The number of aryl methyl sites for hydroxylation is 1. The summed E-state index contributed by atoms with van der Waals surface area (Å²) < 4.78 is 22.1. The van der Waals surface area contributed by atoms with E-state index in [1.807, 2.05) is 36.4 Å². The van der Waals surface area contributed by atoms with Crippen LogP contribution in [-0.2, 0) is 0 Å². The van der Waals surface area contributed by atoms with Crippen LogP contribution >= 0.6 is 0 Å². The lowest BCUT2D eigenvalue weighted by Crippen LogP contribution is -1.93. The van der Waals surface area contributed by atoms with Crippen molar-refractivity contribution in [3.05, 3.63) is 66.2 Å². The Bertz CT molecular complexity index is 1190. The van der Waals surface area contributed by atoms with Gasteiger partial charge in [-0.2, -0.15) is 0 Å². The molecule has 6 heteroatoms. The van der Waals surface area contributed by atoms with E-state index in [2.05, 4.69) is 36.2 Å². The minimum absolute atomic E-state index is 0.239. The van der Waals surface area contributed by atoms with Gasteiger partial charge in [-0.05, 0) is 43.3 Å². The van der Waals surface area contributed by atoms with Gasteiger partial charge in [-0.15, -0.1) is 0 Å². The van der Waals surface area contributed by atoms with Gasteiger partial charge in [0.05, 0.1) is 11.4 Å². The Balaban J connectivity index is 1.52. The molecule has 2 aliphatic rings. The number of aromatic nitrogens is 2. The van der Waals surface area contributed by atoms with Crippen molar-refractivity contribution in [2.24, 2.45) is 0 Å². The summed E-state index contributed by atoms with van der Waals surface area (Å²) in [4.78, 5) is 8.46. The Morgan fingerprint density at radius 2 is 1.23 bits per heavy atom. The van der Waals surface area contributed by atoms with E-state index in [0.717, 1.165) is 56.9 Å². The summed E-state index contributed by atoms with van der Waals surface area (Å²) in [6.07, 6.45) is 0. The topological polar surface area (TPSA) is 65.6 Å². The van der Waals surface area contributed by atoms with Gasteiger partial charge in [0.25, 0.3) is 0 Å². The van der Waals surface area contributed by atoms with E-state index in [1.165, 1.54) is 5.56 Å². The molecule has 0 unspecified atom stereocenters. The molecule has 0 spiro atoms. The maximum absolute atomic E-state index is 5.58. The van der Waals surface area contributed by atoms with Gasteiger partial charge in [-0.1, -0.05) is 29.8 Å². The predicted octanol–water partition coefficient (Wildman–Crippen LogP) is 5.18. The lowest BCUT2D eigenvalue weighted by atomic mass is 10.0. The van der Waals surface area contributed by atoms with E-state index in [1.54, 1.807) is 0 Å². The Morgan fingerprint density at radius 1 is 0.667 bits per heavy atom. The first-order valence-electron chi connectivity index (χ1n) is 9.72. The lowest BCUT2D eigenvalue weighted by Gasteiger charge is -2.05. The van der Waals surface area contributed by atoms with Crippen LogP contribution in [0.25, 0.3) is 33.9 Å². The van der Waals surface area contributed by atoms with Crippen molar-refractivity contribution in [1.82, 2.24) is 9.97 Å². The Kier molecular flexibility index (Phi) is 3.71. The monoisotopic (exact) mass is 398 g/mol. The molecule has 0 radical (unpaired) electrons. The Hall–Kier alpha value is -3.93. The average Bonchev–Trinajstić information content (AvgIpc) is 3.51. The molecule has 0 aliphatic carbocycles. The van der Waals surface area contributed by atoms with Crippen LogP contribution < -0.4 is 18.9 Å². The van der Waals surface area contributed by atoms with Gasteiger partial charge in [0.1, 0.15) is 5.82 Å². The largest absolute Gasteiger partial charge is 0.454 e. The zero-order valence-corrected chi connectivity index (χ0v) is 16.3. The second kappa shape index (κ2) is 6.56. The van der Waals surface area contributed by atoms with Gasteiger partial charge in [0.15, 0.2) is 23.0 Å². The van der Waals surface area contributed by atoms with Crippen molar-refractivity contribution in [3.63, 3.8) is 0 Å². The molecule has 0 saturated carbocycles. The SMILES string of the molecule is Cc1ccc(-c2nc(-c3ccc4c(c3)OCO4)c(-c3ccc4c(c3)OCO4)[nH]2)cc1. The van der Waals surface area contributed by atoms with Crippen molar-refractivity contribution in [3.8, 4) is 56.9 Å². The third kappa shape index (κ3) is 2.76. The quantitative estimate of drug-likeness (QED) is 0.515. The van der Waals surface area contributed by atoms with Crippen molar-refractivity contribution in [2.45, 2.75) is 6.92 Å². The summed E-state index contributed by atoms with van der Waals surface area (Å²) >= 11 is 0. The molecule has 3 aromatic carbocycles. The molecule has 0 atom stereocenters. The van der Waals surface area contributed by atoms with E-state index in [9.17, 15) is 0 Å². The van der Waals surface area contributed by atoms with E-state index < -0.39 is 0 Å². The molecular weight excluding hydrogens is 380 g/mol. The number of hydrogen-bond donors (Lipinski definition) is 1. The van der Waals surface area contributed by atoms with Crippen LogP contribution in [0.3, 0.4) is 0 Å². The van der Waals surface area contributed by atoms with Crippen molar-refractivity contribution >= 4 is 0 Å². The first-order valence-corrected chi connectivity index (χ1v) is 9.72.